The molecule has 1 aliphatic carbocycles. The van der Waals surface area contributed by atoms with Crippen LogP contribution in [0.1, 0.15) is 19.8 Å². The van der Waals surface area contributed by atoms with Gasteiger partial charge in [-0.2, -0.15) is 0 Å². The highest BCUT2D eigenvalue weighted by Crippen LogP contribution is 2.45. The molecule has 0 aromatic rings. The summed E-state index contributed by atoms with van der Waals surface area (Å²) < 4.78 is 16.9. The highest BCUT2D eigenvalue weighted by molar-refractivity contribution is 7.98. The Bertz CT molecular complexity index is 480. The Hall–Kier alpha value is -0.450. The van der Waals surface area contributed by atoms with Crippen molar-refractivity contribution in [3.05, 3.63) is 0 Å². The zero-order chi connectivity index (χ0) is 16.1. The first-order chi connectivity index (χ1) is 11.0. The molecule has 130 valence electrons. The number of fused-ring (bicyclic) bond motifs is 1. The summed E-state index contributed by atoms with van der Waals surface area (Å²) in [7, 11) is 0. The van der Waals surface area contributed by atoms with Crippen molar-refractivity contribution in [1.29, 1.82) is 0 Å². The Balaban J connectivity index is 1.42. The second-order valence-electron chi connectivity index (χ2n) is 7.15. The molecule has 3 saturated heterocycles. The lowest BCUT2D eigenvalue weighted by molar-refractivity contribution is -0.127. The van der Waals surface area contributed by atoms with Gasteiger partial charge in [0.15, 0.2) is 0 Å². The molecule has 7 unspecified atom stereocenters. The van der Waals surface area contributed by atoms with Crippen LogP contribution in [0.25, 0.3) is 0 Å². The molecule has 23 heavy (non-hydrogen) atoms. The first-order valence-electron chi connectivity index (χ1n) is 8.42. The van der Waals surface area contributed by atoms with Gasteiger partial charge in [0.1, 0.15) is 6.17 Å². The van der Waals surface area contributed by atoms with Crippen LogP contribution in [0.2, 0.25) is 0 Å². The molecule has 0 radical (unpaired) electrons. The summed E-state index contributed by atoms with van der Waals surface area (Å²) >= 11 is 1.61. The third kappa shape index (κ3) is 2.98. The molecule has 1 amide bonds. The number of nitrogens with one attached hydrogen (secondary N) is 4. The molecule has 9 heteroatoms. The molecule has 7 atom stereocenters. The Morgan fingerprint density at radius 1 is 1.43 bits per heavy atom. The predicted octanol–water partition coefficient (Wildman–Crippen LogP) is -0.917. The third-order valence-corrected chi connectivity index (χ3v) is 6.58. The van der Waals surface area contributed by atoms with Gasteiger partial charge in [-0.15, -0.1) is 0 Å². The number of rotatable bonds is 3. The van der Waals surface area contributed by atoms with Crippen LogP contribution in [0, 0.1) is 17.8 Å². The van der Waals surface area contributed by atoms with Gasteiger partial charge in [-0.3, -0.25) is 14.8 Å². The summed E-state index contributed by atoms with van der Waals surface area (Å²) in [4.78, 5) is 12.8. The number of hydrogen-bond donors (Lipinski definition) is 5. The molecule has 3 aliphatic heterocycles. The molecule has 3 heterocycles. The first-order valence-corrected chi connectivity index (χ1v) is 9.30. The Labute approximate surface area is 139 Å². The van der Waals surface area contributed by atoms with Crippen LogP contribution in [-0.4, -0.2) is 53.9 Å². The molecule has 0 spiro atoms. The number of nitrogens with zero attached hydrogens (tertiary/aromatic N) is 1. The monoisotopic (exact) mass is 344 g/mol. The fourth-order valence-corrected chi connectivity index (χ4v) is 5.39. The van der Waals surface area contributed by atoms with Crippen molar-refractivity contribution in [2.45, 2.75) is 49.7 Å². The molecular formula is C14H25FN6OS. The Morgan fingerprint density at radius 3 is 2.96 bits per heavy atom. The van der Waals surface area contributed by atoms with Crippen molar-refractivity contribution < 1.29 is 9.18 Å². The topological polar surface area (TPSA) is 94.4 Å². The SMILES string of the molecule is CC1NSC(NC(=O)C2C(N)NN3CC(F)CNC23)C1C1CC1. The summed E-state index contributed by atoms with van der Waals surface area (Å²) in [6.45, 7) is 2.70. The number of hydrogen-bond acceptors (Lipinski definition) is 7. The highest BCUT2D eigenvalue weighted by atomic mass is 32.2. The van der Waals surface area contributed by atoms with E-state index < -0.39 is 18.3 Å². The number of halogens is 1. The molecule has 6 N–H and O–H groups in total. The summed E-state index contributed by atoms with van der Waals surface area (Å²) in [5, 5.41) is 8.09. The van der Waals surface area contributed by atoms with Gasteiger partial charge in [-0.05, 0) is 25.7 Å². The Kier molecular flexibility index (Phi) is 4.27. The average Bonchev–Trinajstić information content (AvgIpc) is 3.18. The lowest BCUT2D eigenvalue weighted by Gasteiger charge is -2.34. The number of nitrogens with two attached hydrogens (primary N) is 1. The zero-order valence-corrected chi connectivity index (χ0v) is 14.0. The van der Waals surface area contributed by atoms with Crippen molar-refractivity contribution >= 4 is 17.9 Å². The van der Waals surface area contributed by atoms with Crippen molar-refractivity contribution in [2.24, 2.45) is 23.5 Å². The zero-order valence-electron chi connectivity index (χ0n) is 13.2. The second-order valence-corrected chi connectivity index (χ2v) is 8.13. The molecule has 1 saturated carbocycles. The number of alkyl halides is 1. The second kappa shape index (κ2) is 6.12. The molecule has 4 aliphatic rings. The molecule has 0 bridgehead atoms. The van der Waals surface area contributed by atoms with Crippen molar-refractivity contribution in [3.8, 4) is 0 Å². The largest absolute Gasteiger partial charge is 0.342 e. The van der Waals surface area contributed by atoms with Crippen LogP contribution in [0.15, 0.2) is 0 Å². The minimum atomic E-state index is -0.942. The summed E-state index contributed by atoms with van der Waals surface area (Å²) in [6, 6.07) is 0.407. The van der Waals surface area contributed by atoms with Gasteiger partial charge in [0.25, 0.3) is 0 Å². The fourth-order valence-electron chi connectivity index (χ4n) is 4.08. The minimum absolute atomic E-state index is 0.0543. The molecular weight excluding hydrogens is 319 g/mol. The number of hydrazine groups is 1. The van der Waals surface area contributed by atoms with Crippen LogP contribution < -0.4 is 26.5 Å². The lowest BCUT2D eigenvalue weighted by Crippen LogP contribution is -2.59. The van der Waals surface area contributed by atoms with Gasteiger partial charge < -0.3 is 11.1 Å². The smallest absolute Gasteiger partial charge is 0.230 e. The van der Waals surface area contributed by atoms with E-state index in [4.69, 9.17) is 5.73 Å². The van der Waals surface area contributed by atoms with Gasteiger partial charge >= 0.3 is 0 Å². The van der Waals surface area contributed by atoms with Crippen LogP contribution in [-0.2, 0) is 4.79 Å². The van der Waals surface area contributed by atoms with E-state index in [-0.39, 0.29) is 30.5 Å². The summed E-state index contributed by atoms with van der Waals surface area (Å²) in [6.07, 6.45) is 0.832. The van der Waals surface area contributed by atoms with E-state index in [1.165, 1.54) is 12.8 Å². The van der Waals surface area contributed by atoms with Crippen LogP contribution in [0.3, 0.4) is 0 Å². The summed E-state index contributed by atoms with van der Waals surface area (Å²) in [5.74, 6) is 0.713. The van der Waals surface area contributed by atoms with Crippen molar-refractivity contribution in [1.82, 2.24) is 25.8 Å². The van der Waals surface area contributed by atoms with Gasteiger partial charge in [0.2, 0.25) is 5.91 Å². The fraction of sp³-hybridized carbons (Fsp3) is 0.929. The third-order valence-electron chi connectivity index (χ3n) is 5.38. The molecule has 4 rings (SSSR count). The van der Waals surface area contributed by atoms with Gasteiger partial charge in [0.05, 0.1) is 23.6 Å². The van der Waals surface area contributed by atoms with Crippen LogP contribution >= 0.6 is 11.9 Å². The van der Waals surface area contributed by atoms with Crippen LogP contribution in [0.4, 0.5) is 4.39 Å². The van der Waals surface area contributed by atoms with Crippen molar-refractivity contribution in [3.63, 3.8) is 0 Å². The molecule has 0 aromatic carbocycles. The van der Waals surface area contributed by atoms with E-state index in [9.17, 15) is 9.18 Å². The maximum atomic E-state index is 13.5. The lowest BCUT2D eigenvalue weighted by atomic mass is 9.95. The highest BCUT2D eigenvalue weighted by Gasteiger charge is 2.49. The Morgan fingerprint density at radius 2 is 2.22 bits per heavy atom. The van der Waals surface area contributed by atoms with Gasteiger partial charge in [-0.1, -0.05) is 11.9 Å². The van der Waals surface area contributed by atoms with Gasteiger partial charge in [0, 0.05) is 25.0 Å². The van der Waals surface area contributed by atoms with Crippen LogP contribution in [0.5, 0.6) is 0 Å². The van der Waals surface area contributed by atoms with E-state index in [0.717, 1.165) is 0 Å². The van der Waals surface area contributed by atoms with E-state index in [0.29, 0.717) is 17.9 Å². The van der Waals surface area contributed by atoms with E-state index in [1.54, 1.807) is 17.0 Å². The number of carbonyl (C=O) groups is 1. The number of carbonyl (C=O) groups excluding carboxylic acids is 1. The quantitative estimate of drug-likeness (QED) is 0.423. The maximum Gasteiger partial charge on any atom is 0.230 e. The molecule has 0 aromatic heterocycles. The molecule has 4 fully saturated rings. The average molecular weight is 344 g/mol. The standard InChI is InChI=1S/C14H25FN6OS/c1-6-9(7-2-3-7)14(23-20-6)18-13(22)10-11(16)19-21-5-8(15)4-17-12(10)21/h6-12,14,17,19-20H,2-5,16H2,1H3,(H,18,22). The predicted molar refractivity (Wildman–Crippen MR) is 86.3 cm³/mol. The van der Waals surface area contributed by atoms with E-state index >= 15 is 0 Å². The maximum absolute atomic E-state index is 13.5. The minimum Gasteiger partial charge on any atom is -0.342 e. The van der Waals surface area contributed by atoms with E-state index in [2.05, 4.69) is 27.7 Å². The normalized spacial score (nSPS) is 47.5. The first kappa shape index (κ1) is 16.0. The van der Waals surface area contributed by atoms with Gasteiger partial charge in [-0.25, -0.2) is 14.8 Å². The van der Waals surface area contributed by atoms with E-state index in [1.807, 2.05) is 0 Å². The van der Waals surface area contributed by atoms with Crippen molar-refractivity contribution in [2.75, 3.05) is 13.1 Å². The summed E-state index contributed by atoms with van der Waals surface area (Å²) in [5.41, 5.74) is 9.12. The number of amides is 1. The molecule has 7 nitrogen and oxygen atoms in total.